The van der Waals surface area contributed by atoms with E-state index in [2.05, 4.69) is 26.6 Å². The van der Waals surface area contributed by atoms with Gasteiger partial charge in [-0.15, -0.1) is 0 Å². The molecule has 4 nitrogen and oxygen atoms in total. The van der Waals surface area contributed by atoms with Crippen LogP contribution in [-0.2, 0) is 6.54 Å². The van der Waals surface area contributed by atoms with Crippen molar-refractivity contribution in [2.75, 3.05) is 10.6 Å². The number of urea groups is 1. The van der Waals surface area contributed by atoms with Crippen molar-refractivity contribution in [3.05, 3.63) is 58.3 Å². The molecule has 0 aliphatic rings. The van der Waals surface area contributed by atoms with Crippen molar-refractivity contribution in [2.24, 2.45) is 5.73 Å². The molecule has 0 saturated carbocycles. The third-order valence-electron chi connectivity index (χ3n) is 2.61. The molecule has 2 rings (SSSR count). The van der Waals surface area contributed by atoms with Crippen molar-refractivity contribution in [1.29, 1.82) is 0 Å². The molecule has 0 unspecified atom stereocenters. The Morgan fingerprint density at radius 2 is 1.95 bits per heavy atom. The van der Waals surface area contributed by atoms with Gasteiger partial charge in [0, 0.05) is 17.9 Å². The first kappa shape index (κ1) is 14.3. The molecule has 4 N–H and O–H groups in total. The van der Waals surface area contributed by atoms with Gasteiger partial charge in [-0.25, -0.2) is 9.18 Å². The summed E-state index contributed by atoms with van der Waals surface area (Å²) in [5.41, 5.74) is 7.28. The molecule has 0 aliphatic heterocycles. The van der Waals surface area contributed by atoms with Crippen molar-refractivity contribution in [1.82, 2.24) is 0 Å². The monoisotopic (exact) mass is 337 g/mol. The summed E-state index contributed by atoms with van der Waals surface area (Å²) in [6.07, 6.45) is 0. The number of halogens is 2. The molecule has 2 aromatic carbocycles. The largest absolute Gasteiger partial charge is 0.381 e. The highest BCUT2D eigenvalue weighted by Crippen LogP contribution is 2.19. The molecule has 0 heterocycles. The fourth-order valence-corrected chi connectivity index (χ4v) is 1.95. The van der Waals surface area contributed by atoms with E-state index < -0.39 is 6.03 Å². The fraction of sp³-hybridized carbons (Fsp3) is 0.0714. The van der Waals surface area contributed by atoms with Crippen LogP contribution in [0.2, 0.25) is 0 Å². The lowest BCUT2D eigenvalue weighted by Gasteiger charge is -2.09. The summed E-state index contributed by atoms with van der Waals surface area (Å²) in [6.45, 7) is 0.476. The Morgan fingerprint density at radius 3 is 2.65 bits per heavy atom. The highest BCUT2D eigenvalue weighted by atomic mass is 79.9. The second kappa shape index (κ2) is 6.38. The van der Waals surface area contributed by atoms with Gasteiger partial charge >= 0.3 is 6.03 Å². The molecule has 0 spiro atoms. The molecule has 0 atom stereocenters. The van der Waals surface area contributed by atoms with Gasteiger partial charge in [-0.1, -0.05) is 12.1 Å². The molecule has 20 heavy (non-hydrogen) atoms. The molecule has 0 bridgehead atoms. The predicted octanol–water partition coefficient (Wildman–Crippen LogP) is 3.69. The Balaban J connectivity index is 2.03. The van der Waals surface area contributed by atoms with Crippen LogP contribution in [0.5, 0.6) is 0 Å². The van der Waals surface area contributed by atoms with E-state index >= 15 is 0 Å². The molecule has 0 aliphatic carbocycles. The van der Waals surface area contributed by atoms with E-state index in [1.165, 1.54) is 6.07 Å². The number of carbonyl (C=O) groups is 1. The zero-order valence-corrected chi connectivity index (χ0v) is 12.1. The van der Waals surface area contributed by atoms with E-state index in [1.54, 1.807) is 24.3 Å². The molecular weight excluding hydrogens is 325 g/mol. The van der Waals surface area contributed by atoms with Gasteiger partial charge in [0.05, 0.1) is 4.47 Å². The van der Waals surface area contributed by atoms with Crippen LogP contribution in [0, 0.1) is 5.82 Å². The SMILES string of the molecule is NC(=O)Nc1cccc(NCc2ccc(Br)c(F)c2)c1. The zero-order chi connectivity index (χ0) is 14.5. The van der Waals surface area contributed by atoms with Crippen LogP contribution in [0.3, 0.4) is 0 Å². The average molecular weight is 338 g/mol. The Hall–Kier alpha value is -2.08. The zero-order valence-electron chi connectivity index (χ0n) is 10.5. The lowest BCUT2D eigenvalue weighted by molar-refractivity contribution is 0.259. The molecular formula is C14H13BrFN3O. The molecule has 6 heteroatoms. The van der Waals surface area contributed by atoms with Crippen molar-refractivity contribution < 1.29 is 9.18 Å². The number of rotatable bonds is 4. The number of carbonyl (C=O) groups excluding carboxylic acids is 1. The van der Waals surface area contributed by atoms with Crippen LogP contribution in [0.25, 0.3) is 0 Å². The van der Waals surface area contributed by atoms with Crippen molar-refractivity contribution in [2.45, 2.75) is 6.54 Å². The van der Waals surface area contributed by atoms with E-state index in [1.807, 2.05) is 12.1 Å². The van der Waals surface area contributed by atoms with E-state index in [9.17, 15) is 9.18 Å². The van der Waals surface area contributed by atoms with Gasteiger partial charge in [0.15, 0.2) is 0 Å². The van der Waals surface area contributed by atoms with Gasteiger partial charge in [0.2, 0.25) is 0 Å². The summed E-state index contributed by atoms with van der Waals surface area (Å²) in [6, 6.07) is 11.5. The summed E-state index contributed by atoms with van der Waals surface area (Å²) in [5, 5.41) is 5.64. The third kappa shape index (κ3) is 3.96. The molecule has 2 aromatic rings. The Labute approximate surface area is 124 Å². The first-order chi connectivity index (χ1) is 9.54. The second-order valence-electron chi connectivity index (χ2n) is 4.17. The van der Waals surface area contributed by atoms with Gasteiger partial charge < -0.3 is 16.4 Å². The molecule has 0 saturated heterocycles. The van der Waals surface area contributed by atoms with Crippen LogP contribution >= 0.6 is 15.9 Å². The van der Waals surface area contributed by atoms with Gasteiger partial charge in [-0.3, -0.25) is 0 Å². The maximum absolute atomic E-state index is 13.4. The minimum absolute atomic E-state index is 0.298. The molecule has 2 amide bonds. The van der Waals surface area contributed by atoms with Crippen LogP contribution < -0.4 is 16.4 Å². The maximum atomic E-state index is 13.4. The quantitative estimate of drug-likeness (QED) is 0.796. The number of hydrogen-bond donors (Lipinski definition) is 3. The van der Waals surface area contributed by atoms with Crippen LogP contribution in [-0.4, -0.2) is 6.03 Å². The predicted molar refractivity (Wildman–Crippen MR) is 81.1 cm³/mol. The number of hydrogen-bond acceptors (Lipinski definition) is 2. The Bertz CT molecular complexity index is 634. The standard InChI is InChI=1S/C14H13BrFN3O/c15-12-5-4-9(6-13(12)16)8-18-10-2-1-3-11(7-10)19-14(17)20/h1-7,18H,8H2,(H3,17,19,20). The van der Waals surface area contributed by atoms with Crippen LogP contribution in [0.4, 0.5) is 20.6 Å². The third-order valence-corrected chi connectivity index (χ3v) is 3.25. The topological polar surface area (TPSA) is 67.2 Å². The van der Waals surface area contributed by atoms with Crippen molar-refractivity contribution in [3.8, 4) is 0 Å². The smallest absolute Gasteiger partial charge is 0.316 e. The van der Waals surface area contributed by atoms with Crippen LogP contribution in [0.15, 0.2) is 46.9 Å². The lowest BCUT2D eigenvalue weighted by Crippen LogP contribution is -2.19. The maximum Gasteiger partial charge on any atom is 0.316 e. The first-order valence-corrected chi connectivity index (χ1v) is 6.68. The van der Waals surface area contributed by atoms with Gasteiger partial charge in [-0.2, -0.15) is 0 Å². The highest BCUT2D eigenvalue weighted by molar-refractivity contribution is 9.10. The summed E-state index contributed by atoms with van der Waals surface area (Å²) in [7, 11) is 0. The van der Waals surface area contributed by atoms with Crippen molar-refractivity contribution >= 4 is 33.3 Å². The number of nitrogens with one attached hydrogen (secondary N) is 2. The molecule has 104 valence electrons. The van der Waals surface area contributed by atoms with Gasteiger partial charge in [0.1, 0.15) is 5.82 Å². The van der Waals surface area contributed by atoms with Crippen LogP contribution in [0.1, 0.15) is 5.56 Å². The van der Waals surface area contributed by atoms with E-state index in [4.69, 9.17) is 5.73 Å². The number of amides is 2. The average Bonchev–Trinajstić information content (AvgIpc) is 2.40. The number of anilines is 2. The lowest BCUT2D eigenvalue weighted by atomic mass is 10.2. The minimum atomic E-state index is -0.614. The van der Waals surface area contributed by atoms with E-state index in [-0.39, 0.29) is 5.82 Å². The minimum Gasteiger partial charge on any atom is -0.381 e. The number of nitrogens with two attached hydrogens (primary N) is 1. The van der Waals surface area contributed by atoms with E-state index in [0.29, 0.717) is 16.7 Å². The summed E-state index contributed by atoms with van der Waals surface area (Å²) >= 11 is 3.11. The first-order valence-electron chi connectivity index (χ1n) is 5.89. The van der Waals surface area contributed by atoms with Gasteiger partial charge in [0.25, 0.3) is 0 Å². The highest BCUT2D eigenvalue weighted by Gasteiger charge is 2.02. The summed E-state index contributed by atoms with van der Waals surface area (Å²) in [4.78, 5) is 10.8. The summed E-state index contributed by atoms with van der Waals surface area (Å²) < 4.78 is 13.8. The molecule has 0 aromatic heterocycles. The Kier molecular flexibility index (Phi) is 4.57. The Morgan fingerprint density at radius 1 is 1.20 bits per heavy atom. The normalized spacial score (nSPS) is 10.1. The van der Waals surface area contributed by atoms with E-state index in [0.717, 1.165) is 11.3 Å². The molecule has 0 fully saturated rings. The summed E-state index contributed by atoms with van der Waals surface area (Å²) in [5.74, 6) is -0.298. The van der Waals surface area contributed by atoms with Crippen molar-refractivity contribution in [3.63, 3.8) is 0 Å². The number of primary amides is 1. The fourth-order valence-electron chi connectivity index (χ4n) is 1.70. The number of benzene rings is 2. The second-order valence-corrected chi connectivity index (χ2v) is 5.03. The van der Waals surface area contributed by atoms with Gasteiger partial charge in [-0.05, 0) is 51.8 Å². The molecule has 0 radical (unpaired) electrons.